The normalized spacial score (nSPS) is 31.5. The molecule has 0 bridgehead atoms. The Bertz CT molecular complexity index is 2410. The van der Waals surface area contributed by atoms with Crippen molar-refractivity contribution in [2.45, 2.75) is 190 Å². The van der Waals surface area contributed by atoms with Gasteiger partial charge in [0.15, 0.2) is 24.8 Å². The lowest BCUT2D eigenvalue weighted by atomic mass is 9.75. The molecule has 4 fully saturated rings. The van der Waals surface area contributed by atoms with E-state index < -0.39 is 110 Å². The van der Waals surface area contributed by atoms with Crippen molar-refractivity contribution >= 4 is 34.3 Å². The summed E-state index contributed by atoms with van der Waals surface area (Å²) in [5.41, 5.74) is 8.75. The number of rotatable bonds is 22. The summed E-state index contributed by atoms with van der Waals surface area (Å²) in [6.07, 6.45) is -6.34. The fourth-order valence-electron chi connectivity index (χ4n) is 11.0. The molecule has 20 heteroatoms. The van der Waals surface area contributed by atoms with Crippen LogP contribution in [0.2, 0.25) is 0 Å². The van der Waals surface area contributed by atoms with Gasteiger partial charge in [-0.15, -0.1) is 5.10 Å². The van der Waals surface area contributed by atoms with Crippen molar-refractivity contribution in [1.29, 1.82) is 0 Å². The van der Waals surface area contributed by atoms with Gasteiger partial charge in [0.25, 0.3) is 0 Å². The number of nitrogens with zero attached hydrogens (tertiary/aromatic N) is 4. The number of anilines is 1. The number of aromatic nitrogens is 4. The van der Waals surface area contributed by atoms with Gasteiger partial charge in [0, 0.05) is 54.4 Å². The lowest BCUT2D eigenvalue weighted by molar-refractivity contribution is -0.349. The first-order valence-electron chi connectivity index (χ1n) is 26.0. The van der Waals surface area contributed by atoms with Crippen LogP contribution in [0.25, 0.3) is 10.9 Å². The molecule has 73 heavy (non-hydrogen) atoms. The number of Topliss-reactive ketones (excluding diaryl/α,β-unsaturated/α-hetero) is 1. The second kappa shape index (κ2) is 25.1. The SMILES string of the molecule is CC1O[C@@H](O[C@@H]2C(C)CC(C(=O)CCCCc3cn(CCCn4ccc5cc(N)ccc54)nn3)C[C@H]2O[C@@H]2O[C@@H](CO)[C@H](O)C(O[C@@H](CC3CCCCC3)C(=O)O)C2OC(=O)c2ccccc2)C(O)[C@@H](O)[C@@H]1O. The predicted molar refractivity (Wildman–Crippen MR) is 262 cm³/mol. The van der Waals surface area contributed by atoms with Crippen LogP contribution in [-0.2, 0) is 57.5 Å². The van der Waals surface area contributed by atoms with Crippen LogP contribution in [-0.4, -0.2) is 154 Å². The van der Waals surface area contributed by atoms with Crippen LogP contribution in [0.3, 0.4) is 0 Å². The molecular weight excluding hydrogens is 947 g/mol. The lowest BCUT2D eigenvalue weighted by Crippen LogP contribution is -2.64. The fourth-order valence-corrected chi connectivity index (χ4v) is 11.0. The molecule has 4 aromatic rings. The van der Waals surface area contributed by atoms with Gasteiger partial charge in [-0.25, -0.2) is 9.59 Å². The second-order valence-electron chi connectivity index (χ2n) is 20.5. The van der Waals surface area contributed by atoms with E-state index in [1.807, 2.05) is 36.0 Å². The summed E-state index contributed by atoms with van der Waals surface area (Å²) in [5, 5.41) is 74.8. The molecule has 8 rings (SSSR count). The minimum atomic E-state index is -1.68. The molecule has 4 heterocycles. The van der Waals surface area contributed by atoms with Crippen LogP contribution >= 0.6 is 0 Å². The van der Waals surface area contributed by atoms with Crippen molar-refractivity contribution in [2.24, 2.45) is 17.8 Å². The summed E-state index contributed by atoms with van der Waals surface area (Å²) in [4.78, 5) is 40.9. The van der Waals surface area contributed by atoms with Crippen LogP contribution in [0.4, 0.5) is 5.69 Å². The molecule has 4 aliphatic rings. The van der Waals surface area contributed by atoms with Gasteiger partial charge in [0.2, 0.25) is 0 Å². The van der Waals surface area contributed by atoms with Crippen LogP contribution < -0.4 is 5.73 Å². The van der Waals surface area contributed by atoms with Crippen molar-refractivity contribution in [1.82, 2.24) is 19.6 Å². The third-order valence-corrected chi connectivity index (χ3v) is 15.2. The first-order chi connectivity index (χ1) is 35.2. The smallest absolute Gasteiger partial charge is 0.338 e. The predicted octanol–water partition coefficient (Wildman–Crippen LogP) is 3.94. The third kappa shape index (κ3) is 13.5. The molecule has 0 radical (unpaired) electrons. The van der Waals surface area contributed by atoms with Gasteiger partial charge in [0.1, 0.15) is 42.4 Å². The Morgan fingerprint density at radius 2 is 1.62 bits per heavy atom. The van der Waals surface area contributed by atoms with E-state index in [0.29, 0.717) is 32.2 Å². The summed E-state index contributed by atoms with van der Waals surface area (Å²) in [7, 11) is 0. The van der Waals surface area contributed by atoms with Crippen LogP contribution in [0, 0.1) is 17.8 Å². The summed E-state index contributed by atoms with van der Waals surface area (Å²) in [5.74, 6) is -3.13. The Hall–Kier alpha value is -4.87. The minimum absolute atomic E-state index is 0.0302. The number of unbranched alkanes of at least 4 members (excludes halogenated alkanes) is 1. The van der Waals surface area contributed by atoms with Gasteiger partial charge in [-0.1, -0.05) is 62.4 Å². The quantitative estimate of drug-likeness (QED) is 0.0333. The molecule has 2 saturated carbocycles. The molecule has 2 aromatic heterocycles. The number of carbonyl (C=O) groups is 3. The zero-order valence-corrected chi connectivity index (χ0v) is 41.6. The van der Waals surface area contributed by atoms with E-state index in [1.54, 1.807) is 18.2 Å². The van der Waals surface area contributed by atoms with E-state index in [-0.39, 0.29) is 36.5 Å². The van der Waals surface area contributed by atoms with E-state index in [9.17, 15) is 45.0 Å². The van der Waals surface area contributed by atoms with Gasteiger partial charge in [-0.05, 0) is 100 Å². The van der Waals surface area contributed by atoms with E-state index in [1.165, 1.54) is 19.1 Å². The van der Waals surface area contributed by atoms with E-state index in [2.05, 4.69) is 27.1 Å². The molecule has 400 valence electrons. The van der Waals surface area contributed by atoms with Crippen LogP contribution in [0.1, 0.15) is 107 Å². The third-order valence-electron chi connectivity index (χ3n) is 15.2. The van der Waals surface area contributed by atoms with Gasteiger partial charge in [0.05, 0.1) is 36.2 Å². The Balaban J connectivity index is 0.969. The molecule has 2 saturated heterocycles. The first kappa shape index (κ1) is 54.4. The number of hydrogen-bond donors (Lipinski definition) is 7. The molecule has 0 amide bonds. The van der Waals surface area contributed by atoms with E-state index >= 15 is 0 Å². The zero-order valence-electron chi connectivity index (χ0n) is 41.6. The van der Waals surface area contributed by atoms with Gasteiger partial charge in [-0.2, -0.15) is 0 Å². The number of aliphatic hydroxyl groups is 5. The van der Waals surface area contributed by atoms with E-state index in [0.717, 1.165) is 67.4 Å². The van der Waals surface area contributed by atoms with Crippen molar-refractivity contribution in [2.75, 3.05) is 12.3 Å². The van der Waals surface area contributed by atoms with Gasteiger partial charge < -0.3 is 69.4 Å². The number of nitrogen functional groups attached to an aromatic ring is 1. The number of aliphatic carboxylic acids is 1. The topological polar surface area (TPSA) is 290 Å². The molecule has 2 aliphatic carbocycles. The molecule has 6 unspecified atom stereocenters. The highest BCUT2D eigenvalue weighted by molar-refractivity contribution is 5.89. The van der Waals surface area contributed by atoms with Crippen molar-refractivity contribution in [3.8, 4) is 0 Å². The molecule has 2 aromatic carbocycles. The highest BCUT2D eigenvalue weighted by atomic mass is 16.7. The molecular formula is C53H73N5O15. The average Bonchev–Trinajstić information content (AvgIpc) is 4.02. The Morgan fingerprint density at radius 3 is 2.37 bits per heavy atom. The highest BCUT2D eigenvalue weighted by Gasteiger charge is 2.54. The number of carboxylic acid groups (broad SMARTS) is 1. The number of ketones is 1. The van der Waals surface area contributed by atoms with Crippen LogP contribution in [0.15, 0.2) is 67.0 Å². The monoisotopic (exact) mass is 1020 g/mol. The second-order valence-corrected chi connectivity index (χ2v) is 20.5. The number of esters is 1. The molecule has 0 spiro atoms. The summed E-state index contributed by atoms with van der Waals surface area (Å²) < 4.78 is 41.6. The van der Waals surface area contributed by atoms with Gasteiger partial charge >= 0.3 is 11.9 Å². The summed E-state index contributed by atoms with van der Waals surface area (Å²) >= 11 is 0. The maximum atomic E-state index is 14.2. The number of carboxylic acids is 1. The summed E-state index contributed by atoms with van der Waals surface area (Å²) in [6, 6.07) is 16.0. The molecule has 20 nitrogen and oxygen atoms in total. The van der Waals surface area contributed by atoms with Crippen molar-refractivity contribution < 1.29 is 73.4 Å². The molecule has 2 aliphatic heterocycles. The van der Waals surface area contributed by atoms with Crippen LogP contribution in [0.5, 0.6) is 0 Å². The number of aryl methyl sites for hydroxylation is 3. The Kier molecular flexibility index (Phi) is 18.7. The number of ether oxygens (including phenoxy) is 6. The zero-order chi connectivity index (χ0) is 51.8. The van der Waals surface area contributed by atoms with Crippen molar-refractivity contribution in [3.05, 3.63) is 78.2 Å². The number of nitrogens with two attached hydrogens (primary N) is 1. The standard InChI is InChI=1S/C53H73N5O15/c1-30-24-35(39(60)17-10-9-16-37-28-58(56-55-37)22-11-21-57-23-20-34-26-36(54)18-19-38(34)57)27-40(47(30)73-52-46(64)45(63)43(61)31(2)68-52)70-53-49(72-51(67)33-14-7-4-8-15-33)48(44(62)42(29-59)71-53)69-41(50(65)66)25-32-12-5-3-6-13-32/h4,7-8,14-15,18-20,23,26,28,30-32,35,40-49,52-53,59,61-64H,3,5-6,9-13,16-17,21-22,24-25,27,29,54H2,1-2H3,(H,65,66)/t30?,31?,35?,40-,41+,42+,43-,44+,45+,46?,47-,48?,49?,52+,53-/m1/s1. The maximum Gasteiger partial charge on any atom is 0.338 e. The number of fused-ring (bicyclic) bond motifs is 1. The summed E-state index contributed by atoms with van der Waals surface area (Å²) in [6.45, 7) is 4.10. The number of benzene rings is 2. The van der Waals surface area contributed by atoms with E-state index in [4.69, 9.17) is 34.2 Å². The Labute approximate surface area is 424 Å². The van der Waals surface area contributed by atoms with Gasteiger partial charge in [-0.3, -0.25) is 9.48 Å². The fraction of sp³-hybridized carbons (Fsp3) is 0.642. The lowest BCUT2D eigenvalue weighted by Gasteiger charge is -2.48. The first-order valence-corrected chi connectivity index (χ1v) is 26.0. The highest BCUT2D eigenvalue weighted by Crippen LogP contribution is 2.40. The average molecular weight is 1020 g/mol. The maximum absolute atomic E-state index is 14.2. The number of hydrogen-bond acceptors (Lipinski definition) is 17. The Morgan fingerprint density at radius 1 is 0.836 bits per heavy atom. The number of carbonyl (C=O) groups excluding carboxylic acids is 2. The molecule has 8 N–H and O–H groups in total. The number of aliphatic hydroxyl groups excluding tert-OH is 5. The minimum Gasteiger partial charge on any atom is -0.479 e. The molecule has 15 atom stereocenters. The largest absolute Gasteiger partial charge is 0.479 e. The van der Waals surface area contributed by atoms with Crippen molar-refractivity contribution in [3.63, 3.8) is 0 Å².